The van der Waals surface area contributed by atoms with E-state index in [0.29, 0.717) is 17.2 Å². The zero-order valence-electron chi connectivity index (χ0n) is 13.1. The molecule has 1 amide bonds. The van der Waals surface area contributed by atoms with Crippen LogP contribution < -0.4 is 10.7 Å². The Bertz CT molecular complexity index is 359. The van der Waals surface area contributed by atoms with E-state index in [-0.39, 0.29) is 5.92 Å². The maximum atomic E-state index is 12.4. The monoisotopic (exact) mass is 311 g/mol. The lowest BCUT2D eigenvalue weighted by Gasteiger charge is -2.32. The molecule has 0 spiro atoms. The molecule has 4 atom stereocenters. The largest absolute Gasteiger partial charge is 0.353 e. The van der Waals surface area contributed by atoms with E-state index >= 15 is 0 Å². The van der Waals surface area contributed by atoms with Crippen molar-refractivity contribution in [3.05, 3.63) is 0 Å². The Balaban J connectivity index is 1.43. The molecule has 1 saturated carbocycles. The predicted molar refractivity (Wildman–Crippen MR) is 88.1 cm³/mol. The van der Waals surface area contributed by atoms with E-state index in [9.17, 15) is 4.79 Å². The van der Waals surface area contributed by atoms with E-state index in [1.54, 1.807) is 0 Å². The van der Waals surface area contributed by atoms with Gasteiger partial charge >= 0.3 is 0 Å². The van der Waals surface area contributed by atoms with E-state index in [1.165, 1.54) is 38.6 Å². The summed E-state index contributed by atoms with van der Waals surface area (Å²) in [4.78, 5) is 12.4. The van der Waals surface area contributed by atoms with Crippen LogP contribution in [0, 0.1) is 11.8 Å². The van der Waals surface area contributed by atoms with Crippen LogP contribution in [0.3, 0.4) is 0 Å². The number of thioether (sulfide) groups is 1. The molecule has 0 bridgehead atoms. The minimum Gasteiger partial charge on any atom is -0.353 e. The first-order valence-electron chi connectivity index (χ1n) is 8.61. The lowest BCUT2D eigenvalue weighted by molar-refractivity contribution is -0.125. The Morgan fingerprint density at radius 2 is 2.24 bits per heavy atom. The maximum Gasteiger partial charge on any atom is 0.224 e. The van der Waals surface area contributed by atoms with Crippen LogP contribution in [0.4, 0.5) is 0 Å². The smallest absolute Gasteiger partial charge is 0.224 e. The van der Waals surface area contributed by atoms with Crippen molar-refractivity contribution in [3.63, 3.8) is 0 Å². The quantitative estimate of drug-likeness (QED) is 0.834. The number of nitrogens with one attached hydrogen (secondary N) is 2. The molecule has 1 aliphatic carbocycles. The van der Waals surface area contributed by atoms with Crippen molar-refractivity contribution in [3.8, 4) is 0 Å². The third-order valence-corrected chi connectivity index (χ3v) is 6.47. The fourth-order valence-electron chi connectivity index (χ4n) is 3.96. The van der Waals surface area contributed by atoms with Gasteiger partial charge < -0.3 is 5.32 Å². The number of hydrazine groups is 1. The molecule has 2 saturated heterocycles. The van der Waals surface area contributed by atoms with E-state index in [4.69, 9.17) is 0 Å². The molecule has 120 valence electrons. The fourth-order valence-corrected chi connectivity index (χ4v) is 5.18. The number of hydrogen-bond donors (Lipinski definition) is 2. The van der Waals surface area contributed by atoms with Gasteiger partial charge in [0.2, 0.25) is 5.91 Å². The molecule has 21 heavy (non-hydrogen) atoms. The van der Waals surface area contributed by atoms with E-state index in [1.807, 2.05) is 11.8 Å². The SMILES string of the molecule is CC1CC(C(=O)NC2CCCC(CN3CCCN3)C2)CS1. The van der Waals surface area contributed by atoms with Crippen molar-refractivity contribution < 1.29 is 4.79 Å². The Hall–Kier alpha value is -0.260. The van der Waals surface area contributed by atoms with Crippen molar-refractivity contribution in [1.29, 1.82) is 0 Å². The summed E-state index contributed by atoms with van der Waals surface area (Å²) in [5, 5.41) is 6.38. The molecule has 0 aromatic heterocycles. The number of rotatable bonds is 4. The summed E-state index contributed by atoms with van der Waals surface area (Å²) in [5.41, 5.74) is 3.45. The number of amides is 1. The molecule has 4 nitrogen and oxygen atoms in total. The normalized spacial score (nSPS) is 37.8. The molecule has 0 radical (unpaired) electrons. The molecule has 0 aromatic rings. The van der Waals surface area contributed by atoms with Crippen LogP contribution in [0.1, 0.15) is 45.4 Å². The van der Waals surface area contributed by atoms with Gasteiger partial charge in [-0.25, -0.2) is 5.01 Å². The van der Waals surface area contributed by atoms with Gasteiger partial charge in [0.1, 0.15) is 0 Å². The van der Waals surface area contributed by atoms with Gasteiger partial charge in [0.25, 0.3) is 0 Å². The van der Waals surface area contributed by atoms with Gasteiger partial charge in [-0.05, 0) is 38.0 Å². The van der Waals surface area contributed by atoms with E-state index < -0.39 is 0 Å². The lowest BCUT2D eigenvalue weighted by Crippen LogP contribution is -2.44. The first-order valence-corrected chi connectivity index (χ1v) is 9.66. The molecule has 0 aromatic carbocycles. The van der Waals surface area contributed by atoms with Crippen LogP contribution in [0.5, 0.6) is 0 Å². The Morgan fingerprint density at radius 3 is 2.95 bits per heavy atom. The zero-order valence-corrected chi connectivity index (χ0v) is 14.0. The third-order valence-electron chi connectivity index (χ3n) is 5.12. The van der Waals surface area contributed by atoms with Crippen LogP contribution in [-0.2, 0) is 4.79 Å². The van der Waals surface area contributed by atoms with Crippen molar-refractivity contribution in [2.24, 2.45) is 11.8 Å². The minimum atomic E-state index is 0.255. The summed E-state index contributed by atoms with van der Waals surface area (Å²) >= 11 is 1.94. The highest BCUT2D eigenvalue weighted by molar-refractivity contribution is 8.00. The number of hydrogen-bond acceptors (Lipinski definition) is 4. The molecule has 3 fully saturated rings. The van der Waals surface area contributed by atoms with Gasteiger partial charge in [-0.15, -0.1) is 0 Å². The van der Waals surface area contributed by atoms with E-state index in [2.05, 4.69) is 22.7 Å². The van der Waals surface area contributed by atoms with Crippen molar-refractivity contribution in [2.45, 2.75) is 56.7 Å². The van der Waals surface area contributed by atoms with Crippen LogP contribution in [0.25, 0.3) is 0 Å². The average Bonchev–Trinajstić information content (AvgIpc) is 3.11. The maximum absolute atomic E-state index is 12.4. The summed E-state index contributed by atoms with van der Waals surface area (Å²) in [5.74, 6) is 2.33. The summed E-state index contributed by atoms with van der Waals surface area (Å²) in [6.45, 7) is 5.70. The Labute approximate surface area is 132 Å². The van der Waals surface area contributed by atoms with Crippen molar-refractivity contribution >= 4 is 17.7 Å². The van der Waals surface area contributed by atoms with Crippen molar-refractivity contribution in [1.82, 2.24) is 15.8 Å². The second-order valence-corrected chi connectivity index (χ2v) is 8.49. The van der Waals surface area contributed by atoms with Crippen LogP contribution >= 0.6 is 11.8 Å². The second-order valence-electron chi connectivity index (χ2n) is 7.02. The molecule has 3 aliphatic rings. The van der Waals surface area contributed by atoms with Crippen molar-refractivity contribution in [2.75, 3.05) is 25.4 Å². The predicted octanol–water partition coefficient (Wildman–Crippen LogP) is 2.01. The van der Waals surface area contributed by atoms with Crippen LogP contribution in [0.2, 0.25) is 0 Å². The van der Waals surface area contributed by atoms with Gasteiger partial charge in [0, 0.05) is 42.6 Å². The highest BCUT2D eigenvalue weighted by Crippen LogP contribution is 2.32. The molecular formula is C16H29N3OS. The summed E-state index contributed by atoms with van der Waals surface area (Å²) in [6, 6.07) is 0.416. The highest BCUT2D eigenvalue weighted by Gasteiger charge is 2.31. The van der Waals surface area contributed by atoms with Gasteiger partial charge in [-0.3, -0.25) is 10.2 Å². The van der Waals surface area contributed by atoms with Crippen LogP contribution in [-0.4, -0.2) is 47.6 Å². The van der Waals surface area contributed by atoms with Gasteiger partial charge in [-0.2, -0.15) is 11.8 Å². The molecular weight excluding hydrogens is 282 g/mol. The summed E-state index contributed by atoms with van der Waals surface area (Å²) in [7, 11) is 0. The molecule has 5 heteroatoms. The third kappa shape index (κ3) is 4.36. The highest BCUT2D eigenvalue weighted by atomic mass is 32.2. The van der Waals surface area contributed by atoms with E-state index in [0.717, 1.165) is 31.2 Å². The fraction of sp³-hybridized carbons (Fsp3) is 0.938. The summed E-state index contributed by atoms with van der Waals surface area (Å²) in [6.07, 6.45) is 7.25. The molecule has 2 N–H and O–H groups in total. The zero-order chi connectivity index (χ0) is 14.7. The number of carbonyl (C=O) groups is 1. The number of carbonyl (C=O) groups excluding carboxylic acids is 1. The first-order chi connectivity index (χ1) is 10.2. The standard InChI is InChI=1S/C16H29N3OS/c1-12-8-14(11-21-12)16(20)18-15-5-2-4-13(9-15)10-19-7-3-6-17-19/h12-15,17H,2-11H2,1H3,(H,18,20). The van der Waals surface area contributed by atoms with Crippen LogP contribution in [0.15, 0.2) is 0 Å². The minimum absolute atomic E-state index is 0.255. The average molecular weight is 311 g/mol. The molecule has 2 heterocycles. The molecule has 2 aliphatic heterocycles. The Morgan fingerprint density at radius 1 is 1.33 bits per heavy atom. The second kappa shape index (κ2) is 7.34. The number of nitrogens with zero attached hydrogens (tertiary/aromatic N) is 1. The van der Waals surface area contributed by atoms with Gasteiger partial charge in [0.05, 0.1) is 0 Å². The van der Waals surface area contributed by atoms with Gasteiger partial charge in [0.15, 0.2) is 0 Å². The molecule has 3 rings (SSSR count). The molecule has 4 unspecified atom stereocenters. The topological polar surface area (TPSA) is 44.4 Å². The summed E-state index contributed by atoms with van der Waals surface area (Å²) < 4.78 is 0. The lowest BCUT2D eigenvalue weighted by atomic mass is 9.85. The Kier molecular flexibility index (Phi) is 5.46. The first kappa shape index (κ1) is 15.6. The van der Waals surface area contributed by atoms with Gasteiger partial charge in [-0.1, -0.05) is 13.3 Å².